The quantitative estimate of drug-likeness (QED) is 0.597. The first kappa shape index (κ1) is 20.0. The lowest BCUT2D eigenvalue weighted by molar-refractivity contribution is 0.0975. The minimum Gasteiger partial charge on any atom is -0.376 e. The number of ether oxygens (including phenoxy) is 1. The van der Waals surface area contributed by atoms with Crippen LogP contribution in [-0.2, 0) is 4.74 Å². The third-order valence-corrected chi connectivity index (χ3v) is 4.63. The molecule has 0 saturated carbocycles. The van der Waals surface area contributed by atoms with Gasteiger partial charge in [0.25, 0.3) is 5.91 Å². The molecule has 0 unspecified atom stereocenters. The van der Waals surface area contributed by atoms with Crippen LogP contribution in [0.2, 0.25) is 0 Å². The zero-order valence-corrected chi connectivity index (χ0v) is 16.2. The van der Waals surface area contributed by atoms with E-state index < -0.39 is 0 Å². The third-order valence-electron chi connectivity index (χ3n) is 4.63. The minimum atomic E-state index is -0.382. The molecule has 6 heteroatoms. The van der Waals surface area contributed by atoms with E-state index in [2.05, 4.69) is 35.5 Å². The first-order valence-corrected chi connectivity index (χ1v) is 9.61. The number of rotatable bonds is 5. The molecule has 0 aromatic heterocycles. The summed E-state index contributed by atoms with van der Waals surface area (Å²) in [4.78, 5) is 17.1. The number of carbonyl (C=O) groups excluding carboxylic acids is 1. The van der Waals surface area contributed by atoms with Gasteiger partial charge < -0.3 is 10.1 Å². The van der Waals surface area contributed by atoms with Crippen LogP contribution in [0.15, 0.2) is 53.5 Å². The monoisotopic (exact) mass is 383 g/mol. The Morgan fingerprint density at radius 1 is 1.25 bits per heavy atom. The standard InChI is InChI=1S/C22H26FN3O2/c1-15(2)17-5-3-6-19(13-17)25-22(24-14-20-7-4-12-28-20)26-21(27)16-8-10-18(23)11-9-16/h3,5-6,8-11,13,15,20H,4,7,12,14H2,1-2H3,(H2,24,25,26,27)/t20-/m1/s1. The average molecular weight is 383 g/mol. The molecule has 2 N–H and O–H groups in total. The Bertz CT molecular complexity index is 828. The highest BCUT2D eigenvalue weighted by molar-refractivity contribution is 6.09. The lowest BCUT2D eigenvalue weighted by Gasteiger charge is -2.15. The molecular weight excluding hydrogens is 357 g/mol. The summed E-state index contributed by atoms with van der Waals surface area (Å²) in [5, 5.41) is 5.99. The fourth-order valence-corrected chi connectivity index (χ4v) is 2.98. The number of carbonyl (C=O) groups is 1. The van der Waals surface area contributed by atoms with Crippen molar-refractivity contribution in [3.05, 3.63) is 65.5 Å². The van der Waals surface area contributed by atoms with Crippen molar-refractivity contribution in [1.29, 1.82) is 0 Å². The average Bonchev–Trinajstić information content (AvgIpc) is 3.20. The van der Waals surface area contributed by atoms with Crippen molar-refractivity contribution >= 4 is 17.6 Å². The Labute approximate surface area is 165 Å². The Morgan fingerprint density at radius 3 is 2.71 bits per heavy atom. The summed E-state index contributed by atoms with van der Waals surface area (Å²) >= 11 is 0. The molecule has 1 aliphatic heterocycles. The van der Waals surface area contributed by atoms with E-state index in [9.17, 15) is 9.18 Å². The number of halogens is 1. The molecule has 0 radical (unpaired) electrons. The van der Waals surface area contributed by atoms with E-state index in [0.29, 0.717) is 24.0 Å². The molecule has 0 spiro atoms. The molecule has 1 fully saturated rings. The third kappa shape index (κ3) is 5.63. The van der Waals surface area contributed by atoms with Gasteiger partial charge in [0, 0.05) is 17.9 Å². The Hall–Kier alpha value is -2.73. The van der Waals surface area contributed by atoms with Crippen LogP contribution in [0, 0.1) is 5.82 Å². The highest BCUT2D eigenvalue weighted by atomic mass is 19.1. The van der Waals surface area contributed by atoms with Crippen molar-refractivity contribution < 1.29 is 13.9 Å². The summed E-state index contributed by atoms with van der Waals surface area (Å²) in [5.41, 5.74) is 2.40. The van der Waals surface area contributed by atoms with Gasteiger partial charge in [-0.15, -0.1) is 0 Å². The second-order valence-electron chi connectivity index (χ2n) is 7.19. The van der Waals surface area contributed by atoms with Gasteiger partial charge in [0.05, 0.1) is 12.6 Å². The molecule has 3 rings (SSSR count). The molecule has 148 valence electrons. The molecule has 1 atom stereocenters. The molecule has 1 heterocycles. The molecule has 28 heavy (non-hydrogen) atoms. The zero-order chi connectivity index (χ0) is 19.9. The van der Waals surface area contributed by atoms with Crippen LogP contribution in [0.4, 0.5) is 10.1 Å². The molecule has 1 aliphatic rings. The van der Waals surface area contributed by atoms with Gasteiger partial charge in [-0.3, -0.25) is 10.1 Å². The molecule has 1 saturated heterocycles. The summed E-state index contributed by atoms with van der Waals surface area (Å²) in [7, 11) is 0. The number of aliphatic imine (C=N–C) groups is 1. The van der Waals surface area contributed by atoms with Crippen LogP contribution in [0.25, 0.3) is 0 Å². The summed E-state index contributed by atoms with van der Waals surface area (Å²) in [6.45, 7) is 5.47. The largest absolute Gasteiger partial charge is 0.376 e. The molecule has 0 aliphatic carbocycles. The van der Waals surface area contributed by atoms with Crippen LogP contribution in [0.3, 0.4) is 0 Å². The Kier molecular flexibility index (Phi) is 6.76. The number of nitrogens with one attached hydrogen (secondary N) is 2. The van der Waals surface area contributed by atoms with Gasteiger partial charge in [-0.2, -0.15) is 0 Å². The van der Waals surface area contributed by atoms with Crippen molar-refractivity contribution in [2.24, 2.45) is 4.99 Å². The van der Waals surface area contributed by atoms with Crippen LogP contribution in [0.1, 0.15) is 48.5 Å². The van der Waals surface area contributed by atoms with Crippen LogP contribution in [-0.4, -0.2) is 31.1 Å². The van der Waals surface area contributed by atoms with E-state index >= 15 is 0 Å². The van der Waals surface area contributed by atoms with Gasteiger partial charge in [-0.05, 0) is 60.7 Å². The van der Waals surface area contributed by atoms with Crippen LogP contribution in [0.5, 0.6) is 0 Å². The van der Waals surface area contributed by atoms with Gasteiger partial charge >= 0.3 is 0 Å². The summed E-state index contributed by atoms with van der Waals surface area (Å²) in [6, 6.07) is 13.4. The fraction of sp³-hybridized carbons (Fsp3) is 0.364. The fourth-order valence-electron chi connectivity index (χ4n) is 2.98. The number of benzene rings is 2. The van der Waals surface area contributed by atoms with Crippen molar-refractivity contribution in [3.63, 3.8) is 0 Å². The van der Waals surface area contributed by atoms with Crippen molar-refractivity contribution in [3.8, 4) is 0 Å². The SMILES string of the molecule is CC(C)c1cccc(NC(=NC[C@H]2CCCO2)NC(=O)c2ccc(F)cc2)c1. The number of nitrogens with zero attached hydrogens (tertiary/aromatic N) is 1. The van der Waals surface area contributed by atoms with E-state index in [1.54, 1.807) is 0 Å². The topological polar surface area (TPSA) is 62.7 Å². The maximum absolute atomic E-state index is 13.1. The zero-order valence-electron chi connectivity index (χ0n) is 16.2. The first-order chi connectivity index (χ1) is 13.5. The molecule has 2 aromatic carbocycles. The highest BCUT2D eigenvalue weighted by Crippen LogP contribution is 2.18. The lowest BCUT2D eigenvalue weighted by Crippen LogP contribution is -2.36. The van der Waals surface area contributed by atoms with Gasteiger partial charge in [0.15, 0.2) is 0 Å². The maximum Gasteiger partial charge on any atom is 0.257 e. The van der Waals surface area contributed by atoms with Crippen molar-refractivity contribution in [2.45, 2.75) is 38.7 Å². The van der Waals surface area contributed by atoms with Gasteiger partial charge in [-0.1, -0.05) is 26.0 Å². The number of hydrogen-bond acceptors (Lipinski definition) is 3. The first-order valence-electron chi connectivity index (χ1n) is 9.61. The lowest BCUT2D eigenvalue weighted by atomic mass is 10.0. The second-order valence-corrected chi connectivity index (χ2v) is 7.19. The van der Waals surface area contributed by atoms with Crippen LogP contribution < -0.4 is 10.6 Å². The smallest absolute Gasteiger partial charge is 0.257 e. The normalized spacial score (nSPS) is 17.0. The molecular formula is C22H26FN3O2. The summed E-state index contributed by atoms with van der Waals surface area (Å²) in [6.07, 6.45) is 2.06. The van der Waals surface area contributed by atoms with Crippen molar-refractivity contribution in [2.75, 3.05) is 18.5 Å². The Morgan fingerprint density at radius 2 is 2.04 bits per heavy atom. The summed E-state index contributed by atoms with van der Waals surface area (Å²) < 4.78 is 18.7. The number of guanidine groups is 1. The van der Waals surface area contributed by atoms with E-state index in [-0.39, 0.29) is 17.8 Å². The van der Waals surface area contributed by atoms with Crippen LogP contribution >= 0.6 is 0 Å². The Balaban J connectivity index is 1.76. The molecule has 0 bridgehead atoms. The predicted octanol–water partition coefficient (Wildman–Crippen LogP) is 4.33. The molecule has 2 aromatic rings. The predicted molar refractivity (Wildman–Crippen MR) is 109 cm³/mol. The van der Waals surface area contributed by atoms with Gasteiger partial charge in [-0.25, -0.2) is 9.38 Å². The van der Waals surface area contributed by atoms with E-state index in [1.807, 2.05) is 18.2 Å². The number of amides is 1. The summed E-state index contributed by atoms with van der Waals surface area (Å²) in [5.74, 6) is 0.0135. The second kappa shape index (κ2) is 9.46. The highest BCUT2D eigenvalue weighted by Gasteiger charge is 2.16. The van der Waals surface area contributed by atoms with Gasteiger partial charge in [0.2, 0.25) is 5.96 Å². The van der Waals surface area contributed by atoms with E-state index in [4.69, 9.17) is 4.74 Å². The molecule has 5 nitrogen and oxygen atoms in total. The van der Waals surface area contributed by atoms with Crippen molar-refractivity contribution in [1.82, 2.24) is 5.32 Å². The molecule has 1 amide bonds. The van der Waals surface area contributed by atoms with E-state index in [0.717, 1.165) is 25.1 Å². The maximum atomic E-state index is 13.1. The van der Waals surface area contributed by atoms with E-state index in [1.165, 1.54) is 29.8 Å². The number of hydrogen-bond donors (Lipinski definition) is 2. The number of anilines is 1. The minimum absolute atomic E-state index is 0.0709. The van der Waals surface area contributed by atoms with Gasteiger partial charge in [0.1, 0.15) is 5.82 Å².